The van der Waals surface area contributed by atoms with Gasteiger partial charge in [-0.1, -0.05) is 32.6 Å². The maximum absolute atomic E-state index is 12.1. The highest BCUT2D eigenvalue weighted by atomic mass is 16.3. The van der Waals surface area contributed by atoms with Crippen LogP contribution in [0.15, 0.2) is 0 Å². The van der Waals surface area contributed by atoms with Crippen molar-refractivity contribution >= 4 is 5.91 Å². The zero-order valence-corrected chi connectivity index (χ0v) is 12.1. The average molecular weight is 268 g/mol. The number of nitrogens with two attached hydrogens (primary N) is 1. The molecule has 0 aliphatic carbocycles. The van der Waals surface area contributed by atoms with Gasteiger partial charge >= 0.3 is 0 Å². The first kappa shape index (κ1) is 17.9. The van der Waals surface area contributed by atoms with Gasteiger partial charge in [-0.25, -0.2) is 0 Å². The molecule has 0 spiro atoms. The molecular formula is C15H28N2O2. The van der Waals surface area contributed by atoms with Gasteiger partial charge in [-0.15, -0.1) is 12.3 Å². The van der Waals surface area contributed by atoms with Gasteiger partial charge in [-0.05, 0) is 12.8 Å². The Kier molecular flexibility index (Phi) is 11.3. The zero-order valence-electron chi connectivity index (χ0n) is 12.1. The maximum Gasteiger partial charge on any atom is 0.240 e. The molecule has 0 aromatic carbocycles. The molecule has 0 rings (SSSR count). The van der Waals surface area contributed by atoms with E-state index in [4.69, 9.17) is 17.3 Å². The number of aliphatic hydroxyl groups is 1. The first-order valence-electron chi connectivity index (χ1n) is 7.26. The van der Waals surface area contributed by atoms with Crippen molar-refractivity contribution < 1.29 is 9.90 Å². The van der Waals surface area contributed by atoms with Gasteiger partial charge in [0.15, 0.2) is 0 Å². The lowest BCUT2D eigenvalue weighted by atomic mass is 10.1. The van der Waals surface area contributed by atoms with Crippen molar-refractivity contribution in [1.82, 2.24) is 4.90 Å². The molecule has 0 bridgehead atoms. The van der Waals surface area contributed by atoms with Crippen LogP contribution in [0.2, 0.25) is 0 Å². The minimum atomic E-state index is -0.612. The molecule has 4 heteroatoms. The van der Waals surface area contributed by atoms with Crippen molar-refractivity contribution in [1.29, 1.82) is 0 Å². The molecule has 0 fully saturated rings. The van der Waals surface area contributed by atoms with Crippen molar-refractivity contribution in [2.75, 3.05) is 19.7 Å². The van der Waals surface area contributed by atoms with E-state index in [0.29, 0.717) is 19.5 Å². The summed E-state index contributed by atoms with van der Waals surface area (Å²) in [5, 5.41) is 8.88. The lowest BCUT2D eigenvalue weighted by molar-refractivity contribution is -0.132. The molecule has 1 amide bonds. The van der Waals surface area contributed by atoms with Crippen molar-refractivity contribution in [3.63, 3.8) is 0 Å². The number of hydrogen-bond donors (Lipinski definition) is 2. The first-order valence-corrected chi connectivity index (χ1v) is 7.26. The quantitative estimate of drug-likeness (QED) is 0.441. The van der Waals surface area contributed by atoms with Crippen LogP contribution in [0.4, 0.5) is 0 Å². The van der Waals surface area contributed by atoms with Crippen LogP contribution in [-0.4, -0.2) is 41.7 Å². The van der Waals surface area contributed by atoms with Gasteiger partial charge < -0.3 is 15.7 Å². The number of nitrogens with zero attached hydrogens (tertiary/aromatic N) is 1. The monoisotopic (exact) mass is 268 g/mol. The lowest BCUT2D eigenvalue weighted by Crippen LogP contribution is -2.44. The Hall–Kier alpha value is -1.05. The maximum atomic E-state index is 12.1. The molecule has 0 aliphatic rings. The fraction of sp³-hybridized carbons (Fsp3) is 0.800. The number of rotatable bonds is 11. The Morgan fingerprint density at radius 1 is 1.26 bits per heavy atom. The number of hydrogen-bond acceptors (Lipinski definition) is 3. The third-order valence-electron chi connectivity index (χ3n) is 3.08. The first-order chi connectivity index (χ1) is 9.17. The minimum absolute atomic E-state index is 0.0873. The smallest absolute Gasteiger partial charge is 0.240 e. The number of aliphatic hydroxyl groups excluding tert-OH is 1. The van der Waals surface area contributed by atoms with Crippen molar-refractivity contribution in [2.24, 2.45) is 5.73 Å². The van der Waals surface area contributed by atoms with Gasteiger partial charge in [0.05, 0.1) is 6.04 Å². The molecule has 0 aromatic rings. The van der Waals surface area contributed by atoms with Crippen LogP contribution in [0.3, 0.4) is 0 Å². The number of unbranched alkanes of at least 4 members (excludes halogenated alkanes) is 4. The van der Waals surface area contributed by atoms with Crippen LogP contribution in [0, 0.1) is 12.3 Å². The van der Waals surface area contributed by atoms with Crippen molar-refractivity contribution in [3.8, 4) is 12.3 Å². The molecule has 0 aromatic heterocycles. The number of carbonyl (C=O) groups excluding carboxylic acids is 1. The fourth-order valence-electron chi connectivity index (χ4n) is 1.95. The number of amides is 1. The largest absolute Gasteiger partial charge is 0.396 e. The molecule has 1 unspecified atom stereocenters. The highest BCUT2D eigenvalue weighted by Crippen LogP contribution is 2.06. The molecule has 0 saturated carbocycles. The van der Waals surface area contributed by atoms with Gasteiger partial charge in [0, 0.05) is 26.1 Å². The highest BCUT2D eigenvalue weighted by molar-refractivity contribution is 5.81. The van der Waals surface area contributed by atoms with Crippen LogP contribution in [-0.2, 0) is 4.79 Å². The summed E-state index contributed by atoms with van der Waals surface area (Å²) in [5.41, 5.74) is 5.76. The van der Waals surface area contributed by atoms with E-state index in [2.05, 4.69) is 12.8 Å². The normalized spacial score (nSPS) is 11.9. The molecule has 0 heterocycles. The van der Waals surface area contributed by atoms with E-state index >= 15 is 0 Å². The van der Waals surface area contributed by atoms with Crippen LogP contribution < -0.4 is 5.73 Å². The van der Waals surface area contributed by atoms with E-state index in [0.717, 1.165) is 12.8 Å². The third kappa shape index (κ3) is 8.63. The van der Waals surface area contributed by atoms with Gasteiger partial charge in [-0.3, -0.25) is 4.79 Å². The second kappa shape index (κ2) is 12.0. The van der Waals surface area contributed by atoms with Crippen molar-refractivity contribution in [2.45, 2.75) is 57.9 Å². The van der Waals surface area contributed by atoms with Crippen LogP contribution >= 0.6 is 0 Å². The Balaban J connectivity index is 4.14. The zero-order chi connectivity index (χ0) is 14.5. The standard InChI is InChI=1S/C15H28N2O2/c1-3-5-6-7-8-11-17(12-9-13-18)15(19)14(16)10-4-2/h2,14,18H,3,5-13,16H2,1H3. The average Bonchev–Trinajstić information content (AvgIpc) is 2.41. The molecular weight excluding hydrogens is 240 g/mol. The Labute approximate surface area is 117 Å². The van der Waals surface area contributed by atoms with Crippen LogP contribution in [0.1, 0.15) is 51.9 Å². The molecule has 19 heavy (non-hydrogen) atoms. The molecule has 1 atom stereocenters. The van der Waals surface area contributed by atoms with E-state index in [9.17, 15) is 4.79 Å². The summed E-state index contributed by atoms with van der Waals surface area (Å²) in [4.78, 5) is 13.8. The van der Waals surface area contributed by atoms with E-state index < -0.39 is 6.04 Å². The summed E-state index contributed by atoms with van der Waals surface area (Å²) in [7, 11) is 0. The molecule has 4 nitrogen and oxygen atoms in total. The van der Waals surface area contributed by atoms with E-state index in [-0.39, 0.29) is 18.9 Å². The molecule has 0 saturated heterocycles. The predicted molar refractivity (Wildman–Crippen MR) is 78.5 cm³/mol. The highest BCUT2D eigenvalue weighted by Gasteiger charge is 2.19. The topological polar surface area (TPSA) is 66.6 Å². The molecule has 110 valence electrons. The predicted octanol–water partition coefficient (Wildman–Crippen LogP) is 1.52. The number of carbonyl (C=O) groups is 1. The van der Waals surface area contributed by atoms with Gasteiger partial charge in [-0.2, -0.15) is 0 Å². The summed E-state index contributed by atoms with van der Waals surface area (Å²) < 4.78 is 0. The molecule has 0 radical (unpaired) electrons. The van der Waals surface area contributed by atoms with Gasteiger partial charge in [0.1, 0.15) is 0 Å². The van der Waals surface area contributed by atoms with Crippen LogP contribution in [0.25, 0.3) is 0 Å². The van der Waals surface area contributed by atoms with E-state index in [1.165, 1.54) is 19.3 Å². The Morgan fingerprint density at radius 3 is 2.47 bits per heavy atom. The minimum Gasteiger partial charge on any atom is -0.396 e. The number of terminal acetylenes is 1. The molecule has 3 N–H and O–H groups in total. The summed E-state index contributed by atoms with van der Waals surface area (Å²) in [6.45, 7) is 3.53. The molecule has 0 aliphatic heterocycles. The van der Waals surface area contributed by atoms with Gasteiger partial charge in [0.25, 0.3) is 0 Å². The van der Waals surface area contributed by atoms with E-state index in [1.54, 1.807) is 4.90 Å². The Bertz CT molecular complexity index is 274. The Morgan fingerprint density at radius 2 is 1.89 bits per heavy atom. The van der Waals surface area contributed by atoms with Gasteiger partial charge in [0.2, 0.25) is 5.91 Å². The van der Waals surface area contributed by atoms with Crippen LogP contribution in [0.5, 0.6) is 0 Å². The second-order valence-corrected chi connectivity index (χ2v) is 4.83. The van der Waals surface area contributed by atoms with E-state index in [1.807, 2.05) is 0 Å². The third-order valence-corrected chi connectivity index (χ3v) is 3.08. The summed E-state index contributed by atoms with van der Waals surface area (Å²) in [5.74, 6) is 2.33. The summed E-state index contributed by atoms with van der Waals surface area (Å²) in [6, 6.07) is -0.612. The SMILES string of the molecule is C#CCC(N)C(=O)N(CCCO)CCCCCCC. The van der Waals surface area contributed by atoms with Crippen molar-refractivity contribution in [3.05, 3.63) is 0 Å². The summed E-state index contributed by atoms with van der Waals surface area (Å²) >= 11 is 0. The summed E-state index contributed by atoms with van der Waals surface area (Å²) in [6.07, 6.45) is 11.8. The fourth-order valence-corrected chi connectivity index (χ4v) is 1.95. The lowest BCUT2D eigenvalue weighted by Gasteiger charge is -2.25. The second-order valence-electron chi connectivity index (χ2n) is 4.83.